The highest BCUT2D eigenvalue weighted by atomic mass is 16.5. The molecule has 94 valence electrons. The summed E-state index contributed by atoms with van der Waals surface area (Å²) >= 11 is 0. The van der Waals surface area contributed by atoms with Crippen LogP contribution in [0, 0.1) is 17.3 Å². The Morgan fingerprint density at radius 1 is 1.35 bits per heavy atom. The van der Waals surface area contributed by atoms with Gasteiger partial charge in [-0.25, -0.2) is 0 Å². The number of carbonyl (C=O) groups excluding carboxylic acids is 1. The lowest BCUT2D eigenvalue weighted by Gasteiger charge is -2.33. The lowest BCUT2D eigenvalue weighted by Crippen LogP contribution is -2.45. The number of carboxylic acids is 1. The van der Waals surface area contributed by atoms with Crippen molar-refractivity contribution in [3.8, 4) is 0 Å². The van der Waals surface area contributed by atoms with E-state index in [1.54, 1.807) is 4.90 Å². The Morgan fingerprint density at radius 3 is 2.71 bits per heavy atom. The highest BCUT2D eigenvalue weighted by Gasteiger charge is 2.55. The molecule has 2 atom stereocenters. The number of rotatable bonds is 2. The van der Waals surface area contributed by atoms with Crippen molar-refractivity contribution in [1.82, 2.24) is 4.90 Å². The number of carbonyl (C=O) groups is 2. The highest BCUT2D eigenvalue weighted by molar-refractivity contribution is 5.84. The van der Waals surface area contributed by atoms with E-state index in [2.05, 4.69) is 0 Å². The van der Waals surface area contributed by atoms with Crippen LogP contribution >= 0.6 is 0 Å². The van der Waals surface area contributed by atoms with Gasteiger partial charge < -0.3 is 14.7 Å². The molecule has 0 aromatic carbocycles. The van der Waals surface area contributed by atoms with Gasteiger partial charge in [0.25, 0.3) is 0 Å². The number of hydrogen-bond donors (Lipinski definition) is 1. The van der Waals surface area contributed by atoms with Gasteiger partial charge in [0.1, 0.15) is 0 Å². The Hall–Kier alpha value is -1.10. The van der Waals surface area contributed by atoms with Crippen molar-refractivity contribution >= 4 is 11.9 Å². The summed E-state index contributed by atoms with van der Waals surface area (Å²) < 4.78 is 5.36. The molecule has 5 nitrogen and oxygen atoms in total. The van der Waals surface area contributed by atoms with Crippen LogP contribution in [0.5, 0.6) is 0 Å². The van der Waals surface area contributed by atoms with Gasteiger partial charge in [0.05, 0.1) is 12.0 Å². The van der Waals surface area contributed by atoms with Crippen LogP contribution in [0.1, 0.15) is 19.3 Å². The molecular formula is C12H17NO4. The van der Waals surface area contributed by atoms with Gasteiger partial charge in [-0.3, -0.25) is 9.59 Å². The van der Waals surface area contributed by atoms with E-state index in [9.17, 15) is 14.7 Å². The molecule has 0 aromatic heterocycles. The molecule has 2 aliphatic heterocycles. The number of nitrogens with zero attached hydrogens (tertiary/aromatic N) is 1. The first-order valence-corrected chi connectivity index (χ1v) is 6.23. The van der Waals surface area contributed by atoms with E-state index in [0.29, 0.717) is 32.7 Å². The zero-order valence-electron chi connectivity index (χ0n) is 9.72. The van der Waals surface area contributed by atoms with E-state index >= 15 is 0 Å². The van der Waals surface area contributed by atoms with Gasteiger partial charge in [-0.15, -0.1) is 0 Å². The smallest absolute Gasteiger partial charge is 0.311 e. The fourth-order valence-corrected chi connectivity index (χ4v) is 3.06. The molecule has 0 spiro atoms. The predicted octanol–water partition coefficient (Wildman–Crippen LogP) is 0.346. The molecule has 1 saturated carbocycles. The number of amides is 1. The highest BCUT2D eigenvalue weighted by Crippen LogP contribution is 2.44. The second-order valence-corrected chi connectivity index (χ2v) is 5.48. The molecule has 0 bridgehead atoms. The van der Waals surface area contributed by atoms with Gasteiger partial charge in [-0.2, -0.15) is 0 Å². The maximum atomic E-state index is 12.0. The number of hydrogen-bond acceptors (Lipinski definition) is 3. The number of aliphatic carboxylic acids is 1. The van der Waals surface area contributed by atoms with Gasteiger partial charge in [0, 0.05) is 31.5 Å². The standard InChI is InChI=1S/C12H17NO4/c14-10(8-1-2-8)13-5-9-6-17-4-3-12(9,7-13)11(15)16/h8-9H,1-7H2,(H,15,16)/t9-,12+/m0/s1. The van der Waals surface area contributed by atoms with Crippen LogP contribution in [-0.4, -0.2) is 48.2 Å². The topological polar surface area (TPSA) is 66.8 Å². The number of ether oxygens (including phenoxy) is 1. The van der Waals surface area contributed by atoms with Gasteiger partial charge >= 0.3 is 5.97 Å². The molecule has 1 amide bonds. The maximum Gasteiger partial charge on any atom is 0.311 e. The zero-order chi connectivity index (χ0) is 12.0. The van der Waals surface area contributed by atoms with Gasteiger partial charge in [-0.05, 0) is 19.3 Å². The largest absolute Gasteiger partial charge is 0.481 e. The molecule has 17 heavy (non-hydrogen) atoms. The lowest BCUT2D eigenvalue weighted by molar-refractivity contribution is -0.157. The Labute approximate surface area is 99.7 Å². The Kier molecular flexibility index (Phi) is 2.40. The molecule has 1 N–H and O–H groups in total. The number of likely N-dealkylation sites (tertiary alicyclic amines) is 1. The van der Waals surface area contributed by atoms with Crippen molar-refractivity contribution in [2.24, 2.45) is 17.3 Å². The molecule has 3 rings (SSSR count). The normalized spacial score (nSPS) is 36.7. The Morgan fingerprint density at radius 2 is 2.12 bits per heavy atom. The minimum atomic E-state index is -0.767. The second kappa shape index (κ2) is 3.70. The van der Waals surface area contributed by atoms with Crippen molar-refractivity contribution in [1.29, 1.82) is 0 Å². The van der Waals surface area contributed by atoms with E-state index in [1.165, 1.54) is 0 Å². The number of carboxylic acid groups (broad SMARTS) is 1. The fraction of sp³-hybridized carbons (Fsp3) is 0.833. The molecule has 3 fully saturated rings. The van der Waals surface area contributed by atoms with E-state index in [1.807, 2.05) is 0 Å². The van der Waals surface area contributed by atoms with E-state index < -0.39 is 11.4 Å². The fourth-order valence-electron chi connectivity index (χ4n) is 3.06. The third kappa shape index (κ3) is 1.64. The summed E-state index contributed by atoms with van der Waals surface area (Å²) in [6.45, 7) is 1.91. The first-order chi connectivity index (χ1) is 8.13. The summed E-state index contributed by atoms with van der Waals surface area (Å²) in [5, 5.41) is 9.46. The van der Waals surface area contributed by atoms with E-state index in [-0.39, 0.29) is 17.7 Å². The molecular weight excluding hydrogens is 222 g/mol. The average molecular weight is 239 g/mol. The summed E-state index contributed by atoms with van der Waals surface area (Å²) in [5.41, 5.74) is -0.747. The Bertz CT molecular complexity index is 366. The number of fused-ring (bicyclic) bond motifs is 1. The maximum absolute atomic E-state index is 12.0. The predicted molar refractivity (Wildman–Crippen MR) is 58.3 cm³/mol. The first-order valence-electron chi connectivity index (χ1n) is 6.23. The van der Waals surface area contributed by atoms with Crippen molar-refractivity contribution < 1.29 is 19.4 Å². The molecule has 5 heteroatoms. The summed E-state index contributed by atoms with van der Waals surface area (Å²) in [6, 6.07) is 0. The third-order valence-corrected chi connectivity index (χ3v) is 4.37. The van der Waals surface area contributed by atoms with Crippen LogP contribution in [0.4, 0.5) is 0 Å². The third-order valence-electron chi connectivity index (χ3n) is 4.37. The molecule has 3 aliphatic rings. The van der Waals surface area contributed by atoms with Gasteiger partial charge in [0.2, 0.25) is 5.91 Å². The SMILES string of the molecule is O=C(C1CC1)N1C[C@H]2COCC[C@@]2(C(=O)O)C1. The quantitative estimate of drug-likeness (QED) is 0.755. The van der Waals surface area contributed by atoms with E-state index in [0.717, 1.165) is 12.8 Å². The van der Waals surface area contributed by atoms with Crippen LogP contribution in [-0.2, 0) is 14.3 Å². The average Bonchev–Trinajstić information content (AvgIpc) is 3.07. The lowest BCUT2D eigenvalue weighted by atomic mass is 9.74. The second-order valence-electron chi connectivity index (χ2n) is 5.48. The summed E-state index contributed by atoms with van der Waals surface area (Å²) in [5.74, 6) is -0.477. The van der Waals surface area contributed by atoms with Crippen molar-refractivity contribution in [2.75, 3.05) is 26.3 Å². The van der Waals surface area contributed by atoms with Crippen LogP contribution in [0.25, 0.3) is 0 Å². The molecule has 2 saturated heterocycles. The zero-order valence-corrected chi connectivity index (χ0v) is 9.72. The van der Waals surface area contributed by atoms with E-state index in [4.69, 9.17) is 4.74 Å². The minimum Gasteiger partial charge on any atom is -0.481 e. The van der Waals surface area contributed by atoms with Crippen LogP contribution in [0.15, 0.2) is 0 Å². The first kappa shape index (κ1) is 11.0. The van der Waals surface area contributed by atoms with Crippen LogP contribution in [0.2, 0.25) is 0 Å². The summed E-state index contributed by atoms with van der Waals surface area (Å²) in [6.07, 6.45) is 2.47. The minimum absolute atomic E-state index is 0.0311. The molecule has 0 unspecified atom stereocenters. The monoisotopic (exact) mass is 239 g/mol. The Balaban J connectivity index is 1.80. The molecule has 2 heterocycles. The summed E-state index contributed by atoms with van der Waals surface area (Å²) in [4.78, 5) is 25.3. The van der Waals surface area contributed by atoms with Crippen LogP contribution in [0.3, 0.4) is 0 Å². The van der Waals surface area contributed by atoms with Crippen molar-refractivity contribution in [3.63, 3.8) is 0 Å². The van der Waals surface area contributed by atoms with Crippen LogP contribution < -0.4 is 0 Å². The van der Waals surface area contributed by atoms with Gasteiger partial charge in [0.15, 0.2) is 0 Å². The molecule has 0 radical (unpaired) electrons. The molecule has 0 aromatic rings. The van der Waals surface area contributed by atoms with Crippen molar-refractivity contribution in [3.05, 3.63) is 0 Å². The van der Waals surface area contributed by atoms with Gasteiger partial charge in [-0.1, -0.05) is 0 Å². The summed E-state index contributed by atoms with van der Waals surface area (Å²) in [7, 11) is 0. The van der Waals surface area contributed by atoms with Crippen molar-refractivity contribution in [2.45, 2.75) is 19.3 Å². The molecule has 1 aliphatic carbocycles.